The third-order valence-electron chi connectivity index (χ3n) is 4.06. The number of guanidine groups is 1. The molecule has 9 heteroatoms. The predicted octanol–water partition coefficient (Wildman–Crippen LogP) is 2.19. The molecule has 166 valence electrons. The van der Waals surface area contributed by atoms with Crippen LogP contribution in [0.1, 0.15) is 47.5 Å². The number of halogens is 1. The lowest BCUT2D eigenvalue weighted by Crippen LogP contribution is -2.54. The molecule has 0 aliphatic carbocycles. The van der Waals surface area contributed by atoms with Gasteiger partial charge >= 0.3 is 6.09 Å². The zero-order chi connectivity index (χ0) is 20.3. The summed E-state index contributed by atoms with van der Waals surface area (Å²) in [4.78, 5) is 18.6. The van der Waals surface area contributed by atoms with Gasteiger partial charge in [0.05, 0.1) is 18.8 Å². The van der Waals surface area contributed by atoms with E-state index in [1.54, 1.807) is 7.05 Å². The predicted molar refractivity (Wildman–Crippen MR) is 125 cm³/mol. The van der Waals surface area contributed by atoms with E-state index in [0.29, 0.717) is 6.54 Å². The lowest BCUT2D eigenvalue weighted by Gasteiger charge is -2.29. The molecule has 8 nitrogen and oxygen atoms in total. The molecule has 0 aromatic rings. The van der Waals surface area contributed by atoms with Gasteiger partial charge in [0, 0.05) is 33.2 Å². The summed E-state index contributed by atoms with van der Waals surface area (Å²) in [6.45, 7) is 15.7. The first kappa shape index (κ1) is 27.2. The van der Waals surface area contributed by atoms with Crippen LogP contribution in [-0.4, -0.2) is 81.1 Å². The molecule has 0 aromatic heterocycles. The molecule has 0 aromatic carbocycles. The van der Waals surface area contributed by atoms with Gasteiger partial charge in [-0.15, -0.1) is 24.0 Å². The Morgan fingerprint density at radius 3 is 2.32 bits per heavy atom. The Morgan fingerprint density at radius 2 is 1.75 bits per heavy atom. The molecule has 1 aliphatic rings. The molecule has 3 N–H and O–H groups in total. The fourth-order valence-corrected chi connectivity index (χ4v) is 2.64. The van der Waals surface area contributed by atoms with Crippen molar-refractivity contribution in [2.45, 2.75) is 58.6 Å². The first-order valence-electron chi connectivity index (χ1n) is 9.87. The Kier molecular flexibility index (Phi) is 13.0. The van der Waals surface area contributed by atoms with E-state index in [2.05, 4.69) is 25.8 Å². The van der Waals surface area contributed by atoms with Crippen molar-refractivity contribution in [3.05, 3.63) is 0 Å². The molecule has 1 amide bonds. The smallest absolute Gasteiger partial charge is 0.408 e. The average molecular weight is 513 g/mol. The lowest BCUT2D eigenvalue weighted by atomic mass is 10.1. The van der Waals surface area contributed by atoms with Gasteiger partial charge in [0.2, 0.25) is 0 Å². The molecule has 0 atom stereocenters. The van der Waals surface area contributed by atoms with Gasteiger partial charge in [0.1, 0.15) is 5.60 Å². The molecule has 0 unspecified atom stereocenters. The van der Waals surface area contributed by atoms with Crippen molar-refractivity contribution in [1.29, 1.82) is 0 Å². The summed E-state index contributed by atoms with van der Waals surface area (Å²) in [7, 11) is 1.75. The summed E-state index contributed by atoms with van der Waals surface area (Å²) < 4.78 is 10.7. The van der Waals surface area contributed by atoms with Crippen LogP contribution in [0.4, 0.5) is 4.79 Å². The highest BCUT2D eigenvalue weighted by Gasteiger charge is 2.24. The van der Waals surface area contributed by atoms with Crippen LogP contribution >= 0.6 is 24.0 Å². The minimum atomic E-state index is -0.508. The van der Waals surface area contributed by atoms with Gasteiger partial charge in [0.15, 0.2) is 5.96 Å². The summed E-state index contributed by atoms with van der Waals surface area (Å²) in [6, 6.07) is 0. The second-order valence-electron chi connectivity index (χ2n) is 8.52. The second-order valence-corrected chi connectivity index (χ2v) is 8.52. The number of nitrogens with zero attached hydrogens (tertiary/aromatic N) is 2. The number of hydrogen-bond acceptors (Lipinski definition) is 5. The molecule has 1 fully saturated rings. The summed E-state index contributed by atoms with van der Waals surface area (Å²) in [5, 5.41) is 9.47. The fourth-order valence-electron chi connectivity index (χ4n) is 2.64. The average Bonchev–Trinajstić information content (AvgIpc) is 2.56. The highest BCUT2D eigenvalue weighted by molar-refractivity contribution is 14.0. The monoisotopic (exact) mass is 513 g/mol. The van der Waals surface area contributed by atoms with Crippen LogP contribution in [-0.2, 0) is 9.47 Å². The quantitative estimate of drug-likeness (QED) is 0.200. The van der Waals surface area contributed by atoms with Gasteiger partial charge in [-0.05, 0) is 54.0 Å². The molecule has 1 heterocycles. The zero-order valence-electron chi connectivity index (χ0n) is 18.4. The number of carbonyl (C=O) groups excluding carboxylic acids is 1. The summed E-state index contributed by atoms with van der Waals surface area (Å²) in [5.74, 6) is 0.737. The van der Waals surface area contributed by atoms with E-state index in [-0.39, 0.29) is 24.0 Å². The highest BCUT2D eigenvalue weighted by atomic mass is 127. The molecule has 1 rings (SSSR count). The standard InChI is InChI=1S/C19H39N5O3.HI/c1-18(2,3)27-17(25)23-19(4,5)15-22-16(20-6)21-9-7-8-10-24-11-13-26-14-12-24;/h7-15H2,1-6H3,(H,23,25)(H2,20,21,22);1H. The maximum atomic E-state index is 11.9. The van der Waals surface area contributed by atoms with Gasteiger partial charge in [-0.1, -0.05) is 0 Å². The van der Waals surface area contributed by atoms with Crippen LogP contribution in [0.2, 0.25) is 0 Å². The van der Waals surface area contributed by atoms with Crippen molar-refractivity contribution in [2.75, 3.05) is 53.0 Å². The molecule has 1 aliphatic heterocycles. The largest absolute Gasteiger partial charge is 0.444 e. The summed E-state index contributed by atoms with van der Waals surface area (Å²) in [5.41, 5.74) is -0.970. The van der Waals surface area contributed by atoms with Crippen LogP contribution in [0, 0.1) is 0 Å². The third kappa shape index (κ3) is 13.4. The van der Waals surface area contributed by atoms with Crippen LogP contribution in [0.3, 0.4) is 0 Å². The Balaban J connectivity index is 0.00000729. The van der Waals surface area contributed by atoms with Gasteiger partial charge in [0.25, 0.3) is 0 Å². The van der Waals surface area contributed by atoms with Gasteiger partial charge < -0.3 is 25.4 Å². The van der Waals surface area contributed by atoms with Crippen LogP contribution in [0.5, 0.6) is 0 Å². The SMILES string of the molecule is CN=C(NCCCCN1CCOCC1)NCC(C)(C)NC(=O)OC(C)(C)C.I. The molecular formula is C19H40IN5O3. The normalized spacial score (nSPS) is 16.1. The van der Waals surface area contributed by atoms with E-state index in [1.165, 1.54) is 0 Å². The highest BCUT2D eigenvalue weighted by Crippen LogP contribution is 2.09. The number of ether oxygens (including phenoxy) is 2. The summed E-state index contributed by atoms with van der Waals surface area (Å²) in [6.07, 6.45) is 1.81. The Labute approximate surface area is 187 Å². The van der Waals surface area contributed by atoms with E-state index in [0.717, 1.165) is 58.2 Å². The van der Waals surface area contributed by atoms with E-state index >= 15 is 0 Å². The number of amides is 1. The number of morpholine rings is 1. The second kappa shape index (κ2) is 13.4. The summed E-state index contributed by atoms with van der Waals surface area (Å²) >= 11 is 0. The maximum absolute atomic E-state index is 11.9. The van der Waals surface area contributed by atoms with Crippen molar-refractivity contribution in [2.24, 2.45) is 4.99 Å². The van der Waals surface area contributed by atoms with Crippen LogP contribution in [0.15, 0.2) is 4.99 Å². The number of unbranched alkanes of at least 4 members (excludes halogenated alkanes) is 1. The van der Waals surface area contributed by atoms with Gasteiger partial charge in [-0.2, -0.15) is 0 Å². The molecule has 0 bridgehead atoms. The zero-order valence-corrected chi connectivity index (χ0v) is 20.7. The maximum Gasteiger partial charge on any atom is 0.408 e. The number of hydrogen-bond donors (Lipinski definition) is 3. The van der Waals surface area contributed by atoms with E-state index in [9.17, 15) is 4.79 Å². The molecule has 1 saturated heterocycles. The number of nitrogens with one attached hydrogen (secondary N) is 3. The molecule has 0 radical (unpaired) electrons. The van der Waals surface area contributed by atoms with Crippen LogP contribution < -0.4 is 16.0 Å². The number of rotatable bonds is 8. The molecule has 0 saturated carbocycles. The van der Waals surface area contributed by atoms with Gasteiger partial charge in [-0.3, -0.25) is 9.89 Å². The van der Waals surface area contributed by atoms with Crippen molar-refractivity contribution in [3.63, 3.8) is 0 Å². The van der Waals surface area contributed by atoms with Crippen molar-refractivity contribution < 1.29 is 14.3 Å². The van der Waals surface area contributed by atoms with Gasteiger partial charge in [-0.25, -0.2) is 4.79 Å². The van der Waals surface area contributed by atoms with E-state index in [4.69, 9.17) is 9.47 Å². The number of aliphatic imine (C=N–C) groups is 1. The number of alkyl carbamates (subject to hydrolysis) is 1. The Hall–Kier alpha value is -0.810. The van der Waals surface area contributed by atoms with E-state index < -0.39 is 17.2 Å². The van der Waals surface area contributed by atoms with Crippen molar-refractivity contribution in [3.8, 4) is 0 Å². The number of carbonyl (C=O) groups is 1. The minimum absolute atomic E-state index is 0. The van der Waals surface area contributed by atoms with Crippen LogP contribution in [0.25, 0.3) is 0 Å². The molecule has 0 spiro atoms. The first-order chi connectivity index (χ1) is 12.6. The minimum Gasteiger partial charge on any atom is -0.444 e. The fraction of sp³-hybridized carbons (Fsp3) is 0.895. The Bertz CT molecular complexity index is 475. The molecular weight excluding hydrogens is 473 g/mol. The van der Waals surface area contributed by atoms with Crippen molar-refractivity contribution in [1.82, 2.24) is 20.9 Å². The van der Waals surface area contributed by atoms with E-state index in [1.807, 2.05) is 34.6 Å². The first-order valence-corrected chi connectivity index (χ1v) is 9.87. The Morgan fingerprint density at radius 1 is 1.11 bits per heavy atom. The van der Waals surface area contributed by atoms with Crippen molar-refractivity contribution >= 4 is 36.0 Å². The third-order valence-corrected chi connectivity index (χ3v) is 4.06. The molecule has 28 heavy (non-hydrogen) atoms. The lowest BCUT2D eigenvalue weighted by molar-refractivity contribution is 0.0372. The topological polar surface area (TPSA) is 87.2 Å².